The molecule has 1 aliphatic rings. The lowest BCUT2D eigenvalue weighted by molar-refractivity contribution is -0.140. The van der Waals surface area contributed by atoms with E-state index in [0.29, 0.717) is 19.3 Å². The first-order chi connectivity index (χ1) is 7.68. The average molecular weight is 218 g/mol. The SMILES string of the molecule is O=C1CCC(C(C(=O)O)c2ccccc2)C1. The maximum Gasteiger partial charge on any atom is 0.311 e. The molecule has 2 atom stereocenters. The monoisotopic (exact) mass is 218 g/mol. The van der Waals surface area contributed by atoms with Crippen LogP contribution in [0.3, 0.4) is 0 Å². The normalized spacial score (nSPS) is 22.0. The van der Waals surface area contributed by atoms with E-state index < -0.39 is 11.9 Å². The first-order valence-electron chi connectivity index (χ1n) is 5.48. The third-order valence-corrected chi connectivity index (χ3v) is 3.18. The molecule has 2 unspecified atom stereocenters. The molecule has 84 valence electrons. The van der Waals surface area contributed by atoms with E-state index in [9.17, 15) is 14.7 Å². The summed E-state index contributed by atoms with van der Waals surface area (Å²) in [6.45, 7) is 0. The van der Waals surface area contributed by atoms with Gasteiger partial charge in [0.2, 0.25) is 0 Å². The van der Waals surface area contributed by atoms with Crippen molar-refractivity contribution in [1.82, 2.24) is 0 Å². The molecule has 0 aromatic heterocycles. The summed E-state index contributed by atoms with van der Waals surface area (Å²) in [6, 6.07) is 9.18. The summed E-state index contributed by atoms with van der Waals surface area (Å²) >= 11 is 0. The highest BCUT2D eigenvalue weighted by molar-refractivity contribution is 5.83. The van der Waals surface area contributed by atoms with Gasteiger partial charge >= 0.3 is 5.97 Å². The molecule has 1 N–H and O–H groups in total. The fourth-order valence-electron chi connectivity index (χ4n) is 2.40. The molecule has 0 saturated heterocycles. The van der Waals surface area contributed by atoms with Gasteiger partial charge < -0.3 is 5.11 Å². The minimum Gasteiger partial charge on any atom is -0.481 e. The quantitative estimate of drug-likeness (QED) is 0.846. The van der Waals surface area contributed by atoms with Crippen molar-refractivity contribution >= 4 is 11.8 Å². The number of benzene rings is 1. The van der Waals surface area contributed by atoms with Crippen molar-refractivity contribution in [2.75, 3.05) is 0 Å². The fourth-order valence-corrected chi connectivity index (χ4v) is 2.40. The van der Waals surface area contributed by atoms with E-state index in [1.807, 2.05) is 30.3 Å². The van der Waals surface area contributed by atoms with Gasteiger partial charge in [-0.3, -0.25) is 9.59 Å². The molecule has 0 spiro atoms. The van der Waals surface area contributed by atoms with E-state index in [1.54, 1.807) is 0 Å². The Morgan fingerprint density at radius 2 is 2.00 bits per heavy atom. The third-order valence-electron chi connectivity index (χ3n) is 3.18. The number of ketones is 1. The summed E-state index contributed by atoms with van der Waals surface area (Å²) in [5, 5.41) is 9.26. The zero-order chi connectivity index (χ0) is 11.5. The zero-order valence-electron chi connectivity index (χ0n) is 8.93. The van der Waals surface area contributed by atoms with Crippen molar-refractivity contribution in [2.45, 2.75) is 25.2 Å². The van der Waals surface area contributed by atoms with Crippen LogP contribution in [0.5, 0.6) is 0 Å². The summed E-state index contributed by atoms with van der Waals surface area (Å²) in [5.41, 5.74) is 0.801. The van der Waals surface area contributed by atoms with Gasteiger partial charge in [0.1, 0.15) is 5.78 Å². The second kappa shape index (κ2) is 4.47. The summed E-state index contributed by atoms with van der Waals surface area (Å²) < 4.78 is 0. The lowest BCUT2D eigenvalue weighted by Gasteiger charge is -2.18. The Kier molecular flexibility index (Phi) is 3.04. The van der Waals surface area contributed by atoms with E-state index in [-0.39, 0.29) is 11.7 Å². The predicted octanol–water partition coefficient (Wildman–Crippen LogP) is 2.22. The Bertz CT molecular complexity index is 397. The van der Waals surface area contributed by atoms with Crippen molar-refractivity contribution in [3.63, 3.8) is 0 Å². The van der Waals surface area contributed by atoms with Crippen molar-refractivity contribution in [1.29, 1.82) is 0 Å². The minimum absolute atomic E-state index is 0.0348. The van der Waals surface area contributed by atoms with Crippen LogP contribution >= 0.6 is 0 Å². The van der Waals surface area contributed by atoms with Crippen molar-refractivity contribution in [2.24, 2.45) is 5.92 Å². The molecule has 3 heteroatoms. The van der Waals surface area contributed by atoms with Crippen molar-refractivity contribution in [3.05, 3.63) is 35.9 Å². The van der Waals surface area contributed by atoms with Crippen LogP contribution in [0.1, 0.15) is 30.7 Å². The Labute approximate surface area is 94.1 Å². The van der Waals surface area contributed by atoms with Crippen LogP contribution < -0.4 is 0 Å². The summed E-state index contributed by atoms with van der Waals surface area (Å²) in [6.07, 6.45) is 1.64. The molecule has 1 fully saturated rings. The fraction of sp³-hybridized carbons (Fsp3) is 0.385. The van der Waals surface area contributed by atoms with Crippen LogP contribution in [-0.2, 0) is 9.59 Å². The van der Waals surface area contributed by atoms with E-state index in [2.05, 4.69) is 0 Å². The second-order valence-electron chi connectivity index (χ2n) is 4.27. The highest BCUT2D eigenvalue weighted by Gasteiger charge is 2.34. The summed E-state index contributed by atoms with van der Waals surface area (Å²) in [4.78, 5) is 22.5. The summed E-state index contributed by atoms with van der Waals surface area (Å²) in [7, 11) is 0. The number of hydrogen-bond donors (Lipinski definition) is 1. The Hall–Kier alpha value is -1.64. The van der Waals surface area contributed by atoms with Crippen LogP contribution in [0.4, 0.5) is 0 Å². The van der Waals surface area contributed by atoms with E-state index in [1.165, 1.54) is 0 Å². The zero-order valence-corrected chi connectivity index (χ0v) is 8.93. The highest BCUT2D eigenvalue weighted by Crippen LogP contribution is 2.35. The van der Waals surface area contributed by atoms with E-state index >= 15 is 0 Å². The number of carbonyl (C=O) groups is 2. The van der Waals surface area contributed by atoms with Gasteiger partial charge in [0.15, 0.2) is 0 Å². The van der Waals surface area contributed by atoms with Crippen LogP contribution in [0.25, 0.3) is 0 Å². The standard InChI is InChI=1S/C13H14O3/c14-11-7-6-10(8-11)12(13(15)16)9-4-2-1-3-5-9/h1-5,10,12H,6-8H2,(H,15,16). The molecule has 1 aliphatic carbocycles. The summed E-state index contributed by atoms with van der Waals surface area (Å²) in [5.74, 6) is -1.21. The molecule has 1 aromatic carbocycles. The lowest BCUT2D eigenvalue weighted by Crippen LogP contribution is -2.19. The van der Waals surface area contributed by atoms with Crippen LogP contribution in [0.15, 0.2) is 30.3 Å². The molecule has 0 bridgehead atoms. The number of carbonyl (C=O) groups excluding carboxylic acids is 1. The van der Waals surface area contributed by atoms with Crippen molar-refractivity contribution in [3.8, 4) is 0 Å². The smallest absolute Gasteiger partial charge is 0.311 e. The first-order valence-corrected chi connectivity index (χ1v) is 5.48. The Morgan fingerprint density at radius 1 is 1.31 bits per heavy atom. The van der Waals surface area contributed by atoms with Gasteiger partial charge in [-0.1, -0.05) is 30.3 Å². The number of aliphatic carboxylic acids is 1. The van der Waals surface area contributed by atoms with Gasteiger partial charge in [-0.15, -0.1) is 0 Å². The van der Waals surface area contributed by atoms with Crippen LogP contribution in [-0.4, -0.2) is 16.9 Å². The number of carboxylic acids is 1. The maximum atomic E-state index is 11.3. The topological polar surface area (TPSA) is 54.4 Å². The molecule has 2 rings (SSSR count). The van der Waals surface area contributed by atoms with Gasteiger partial charge in [-0.25, -0.2) is 0 Å². The number of rotatable bonds is 3. The Morgan fingerprint density at radius 3 is 2.50 bits per heavy atom. The molecule has 0 radical (unpaired) electrons. The molecule has 0 amide bonds. The first kappa shape index (κ1) is 10.9. The average Bonchev–Trinajstić information content (AvgIpc) is 2.66. The molecule has 1 aromatic rings. The van der Waals surface area contributed by atoms with Gasteiger partial charge in [0.05, 0.1) is 5.92 Å². The van der Waals surface area contributed by atoms with E-state index in [4.69, 9.17) is 0 Å². The third kappa shape index (κ3) is 2.13. The molecule has 0 aliphatic heterocycles. The van der Waals surface area contributed by atoms with Gasteiger partial charge in [-0.05, 0) is 17.9 Å². The number of hydrogen-bond acceptors (Lipinski definition) is 2. The van der Waals surface area contributed by atoms with Gasteiger partial charge in [0, 0.05) is 12.8 Å². The molecular formula is C13H14O3. The highest BCUT2D eigenvalue weighted by atomic mass is 16.4. The van der Waals surface area contributed by atoms with Gasteiger partial charge in [-0.2, -0.15) is 0 Å². The second-order valence-corrected chi connectivity index (χ2v) is 4.27. The van der Waals surface area contributed by atoms with Crippen LogP contribution in [0, 0.1) is 5.92 Å². The molecule has 1 saturated carbocycles. The molecule has 0 heterocycles. The maximum absolute atomic E-state index is 11.3. The van der Waals surface area contributed by atoms with E-state index in [0.717, 1.165) is 5.56 Å². The molecule has 16 heavy (non-hydrogen) atoms. The molecular weight excluding hydrogens is 204 g/mol. The number of Topliss-reactive ketones (excluding diaryl/α,β-unsaturated/α-hetero) is 1. The lowest BCUT2D eigenvalue weighted by atomic mass is 9.85. The largest absolute Gasteiger partial charge is 0.481 e. The Balaban J connectivity index is 2.25. The van der Waals surface area contributed by atoms with Gasteiger partial charge in [0.25, 0.3) is 0 Å². The predicted molar refractivity (Wildman–Crippen MR) is 59.2 cm³/mol. The van der Waals surface area contributed by atoms with Crippen molar-refractivity contribution < 1.29 is 14.7 Å². The minimum atomic E-state index is -0.828. The van der Waals surface area contributed by atoms with Crippen LogP contribution in [0.2, 0.25) is 0 Å². The molecule has 3 nitrogen and oxygen atoms in total. The number of carboxylic acid groups (broad SMARTS) is 1.